The SMILES string of the molecule is CCC(CC)C(NC(CCCN)COC)c1ccccc1. The summed E-state index contributed by atoms with van der Waals surface area (Å²) in [7, 11) is 1.77. The Labute approximate surface area is 130 Å². The van der Waals surface area contributed by atoms with E-state index in [0.717, 1.165) is 26.0 Å². The molecule has 2 atom stereocenters. The van der Waals surface area contributed by atoms with E-state index in [4.69, 9.17) is 10.5 Å². The van der Waals surface area contributed by atoms with Crippen molar-refractivity contribution in [3.63, 3.8) is 0 Å². The Morgan fingerprint density at radius 3 is 2.33 bits per heavy atom. The van der Waals surface area contributed by atoms with Gasteiger partial charge in [-0.2, -0.15) is 0 Å². The molecule has 0 spiro atoms. The molecule has 0 aromatic heterocycles. The molecule has 0 saturated carbocycles. The molecule has 21 heavy (non-hydrogen) atoms. The smallest absolute Gasteiger partial charge is 0.0616 e. The molecule has 1 aromatic rings. The van der Waals surface area contributed by atoms with Crippen molar-refractivity contribution in [3.8, 4) is 0 Å². The molecule has 0 aliphatic carbocycles. The van der Waals surface area contributed by atoms with Gasteiger partial charge in [0.05, 0.1) is 6.61 Å². The standard InChI is InChI=1S/C18H32N2O/c1-4-15(5-2)18(16-10-7-6-8-11-16)20-17(14-21-3)12-9-13-19/h6-8,10-11,15,17-18,20H,4-5,9,12-14,19H2,1-3H3. The van der Waals surface area contributed by atoms with Crippen molar-refractivity contribution in [1.82, 2.24) is 5.32 Å². The van der Waals surface area contributed by atoms with E-state index in [1.165, 1.54) is 18.4 Å². The third kappa shape index (κ3) is 6.16. The van der Waals surface area contributed by atoms with Gasteiger partial charge in [0.15, 0.2) is 0 Å². The van der Waals surface area contributed by atoms with Crippen LogP contribution in [0.4, 0.5) is 0 Å². The molecule has 0 amide bonds. The first kappa shape index (κ1) is 18.1. The van der Waals surface area contributed by atoms with Gasteiger partial charge in [-0.25, -0.2) is 0 Å². The van der Waals surface area contributed by atoms with Crippen LogP contribution in [-0.2, 0) is 4.74 Å². The molecule has 2 unspecified atom stereocenters. The predicted octanol–water partition coefficient (Wildman–Crippen LogP) is 3.51. The van der Waals surface area contributed by atoms with E-state index in [1.807, 2.05) is 0 Å². The Bertz CT molecular complexity index is 351. The highest BCUT2D eigenvalue weighted by atomic mass is 16.5. The number of hydrogen-bond acceptors (Lipinski definition) is 3. The second-order valence-electron chi connectivity index (χ2n) is 5.71. The highest BCUT2D eigenvalue weighted by molar-refractivity contribution is 5.20. The van der Waals surface area contributed by atoms with Crippen molar-refractivity contribution >= 4 is 0 Å². The van der Waals surface area contributed by atoms with Crippen LogP contribution in [0.2, 0.25) is 0 Å². The summed E-state index contributed by atoms with van der Waals surface area (Å²) < 4.78 is 5.38. The Balaban J connectivity index is 2.84. The summed E-state index contributed by atoms with van der Waals surface area (Å²) in [6, 6.07) is 11.5. The zero-order chi connectivity index (χ0) is 15.5. The van der Waals surface area contributed by atoms with Gasteiger partial charge in [-0.3, -0.25) is 0 Å². The van der Waals surface area contributed by atoms with Gasteiger partial charge in [-0.05, 0) is 30.9 Å². The van der Waals surface area contributed by atoms with Crippen LogP contribution in [0.5, 0.6) is 0 Å². The molecule has 0 aliphatic rings. The van der Waals surface area contributed by atoms with Gasteiger partial charge < -0.3 is 15.8 Å². The average molecular weight is 292 g/mol. The lowest BCUT2D eigenvalue weighted by Gasteiger charge is -2.31. The van der Waals surface area contributed by atoms with E-state index in [2.05, 4.69) is 49.5 Å². The van der Waals surface area contributed by atoms with Gasteiger partial charge >= 0.3 is 0 Å². The molecule has 0 bridgehead atoms. The van der Waals surface area contributed by atoms with Crippen molar-refractivity contribution < 1.29 is 4.74 Å². The lowest BCUT2D eigenvalue weighted by atomic mass is 9.88. The fourth-order valence-corrected chi connectivity index (χ4v) is 2.96. The quantitative estimate of drug-likeness (QED) is 0.656. The number of methoxy groups -OCH3 is 1. The largest absolute Gasteiger partial charge is 0.383 e. The summed E-state index contributed by atoms with van der Waals surface area (Å²) in [5.41, 5.74) is 7.03. The van der Waals surface area contributed by atoms with Crippen LogP contribution in [0.15, 0.2) is 30.3 Å². The molecule has 0 fully saturated rings. The molecule has 0 aliphatic heterocycles. The van der Waals surface area contributed by atoms with Crippen LogP contribution in [0.25, 0.3) is 0 Å². The topological polar surface area (TPSA) is 47.3 Å². The highest BCUT2D eigenvalue weighted by Gasteiger charge is 2.23. The van der Waals surface area contributed by atoms with E-state index in [0.29, 0.717) is 18.0 Å². The summed E-state index contributed by atoms with van der Waals surface area (Å²) in [5, 5.41) is 3.83. The first-order chi connectivity index (χ1) is 10.3. The summed E-state index contributed by atoms with van der Waals surface area (Å²) in [5.74, 6) is 0.643. The Kier molecular flexibility index (Phi) is 9.31. The van der Waals surface area contributed by atoms with Gasteiger partial charge in [0.2, 0.25) is 0 Å². The van der Waals surface area contributed by atoms with Crippen LogP contribution in [0.3, 0.4) is 0 Å². The molecule has 1 rings (SSSR count). The second-order valence-corrected chi connectivity index (χ2v) is 5.71. The van der Waals surface area contributed by atoms with E-state index in [-0.39, 0.29) is 0 Å². The number of hydrogen-bond donors (Lipinski definition) is 2. The van der Waals surface area contributed by atoms with Crippen molar-refractivity contribution in [1.29, 1.82) is 0 Å². The van der Waals surface area contributed by atoms with Gasteiger partial charge in [0.1, 0.15) is 0 Å². The minimum atomic E-state index is 0.365. The number of nitrogens with one attached hydrogen (secondary N) is 1. The Morgan fingerprint density at radius 1 is 1.14 bits per heavy atom. The maximum absolute atomic E-state index is 5.66. The zero-order valence-corrected chi connectivity index (χ0v) is 13.8. The molecular formula is C18H32N2O. The molecule has 0 heterocycles. The van der Waals surface area contributed by atoms with Crippen LogP contribution in [-0.4, -0.2) is 26.3 Å². The Morgan fingerprint density at radius 2 is 1.81 bits per heavy atom. The predicted molar refractivity (Wildman–Crippen MR) is 90.3 cm³/mol. The minimum absolute atomic E-state index is 0.365. The third-order valence-corrected chi connectivity index (χ3v) is 4.22. The van der Waals surface area contributed by atoms with E-state index < -0.39 is 0 Å². The fraction of sp³-hybridized carbons (Fsp3) is 0.667. The van der Waals surface area contributed by atoms with Crippen LogP contribution < -0.4 is 11.1 Å². The van der Waals surface area contributed by atoms with E-state index >= 15 is 0 Å². The second kappa shape index (κ2) is 10.8. The van der Waals surface area contributed by atoms with Gasteiger partial charge in [0, 0.05) is 19.2 Å². The molecule has 3 heteroatoms. The minimum Gasteiger partial charge on any atom is -0.383 e. The monoisotopic (exact) mass is 292 g/mol. The van der Waals surface area contributed by atoms with E-state index in [1.54, 1.807) is 7.11 Å². The summed E-state index contributed by atoms with van der Waals surface area (Å²) >= 11 is 0. The molecule has 1 aromatic carbocycles. The summed E-state index contributed by atoms with van der Waals surface area (Å²) in [4.78, 5) is 0. The normalized spacial score (nSPS) is 14.3. The molecule has 3 nitrogen and oxygen atoms in total. The molecule has 120 valence electrons. The number of rotatable bonds is 11. The fourth-order valence-electron chi connectivity index (χ4n) is 2.96. The van der Waals surface area contributed by atoms with Crippen molar-refractivity contribution in [2.45, 2.75) is 51.6 Å². The maximum Gasteiger partial charge on any atom is 0.0616 e. The lowest BCUT2D eigenvalue weighted by molar-refractivity contribution is 0.147. The Hall–Kier alpha value is -0.900. The first-order valence-corrected chi connectivity index (χ1v) is 8.26. The summed E-state index contributed by atoms with van der Waals surface area (Å²) in [6.07, 6.45) is 4.46. The van der Waals surface area contributed by atoms with E-state index in [9.17, 15) is 0 Å². The van der Waals surface area contributed by atoms with Gasteiger partial charge in [0.25, 0.3) is 0 Å². The molecular weight excluding hydrogens is 260 g/mol. The van der Waals surface area contributed by atoms with Crippen molar-refractivity contribution in [3.05, 3.63) is 35.9 Å². The highest BCUT2D eigenvalue weighted by Crippen LogP contribution is 2.28. The summed E-state index contributed by atoms with van der Waals surface area (Å²) in [6.45, 7) is 6.03. The number of benzene rings is 1. The zero-order valence-electron chi connectivity index (χ0n) is 13.8. The average Bonchev–Trinajstić information content (AvgIpc) is 2.53. The van der Waals surface area contributed by atoms with Crippen LogP contribution >= 0.6 is 0 Å². The van der Waals surface area contributed by atoms with Gasteiger partial charge in [-0.15, -0.1) is 0 Å². The van der Waals surface area contributed by atoms with Crippen molar-refractivity contribution in [2.75, 3.05) is 20.3 Å². The van der Waals surface area contributed by atoms with Gasteiger partial charge in [-0.1, -0.05) is 57.0 Å². The first-order valence-electron chi connectivity index (χ1n) is 8.26. The third-order valence-electron chi connectivity index (χ3n) is 4.22. The molecule has 3 N–H and O–H groups in total. The van der Waals surface area contributed by atoms with Crippen LogP contribution in [0, 0.1) is 5.92 Å². The lowest BCUT2D eigenvalue weighted by Crippen LogP contribution is -2.39. The van der Waals surface area contributed by atoms with Crippen molar-refractivity contribution in [2.24, 2.45) is 11.7 Å². The van der Waals surface area contributed by atoms with Crippen LogP contribution in [0.1, 0.15) is 51.1 Å². The molecule has 0 radical (unpaired) electrons. The molecule has 0 saturated heterocycles. The number of nitrogens with two attached hydrogens (primary N) is 1. The number of ether oxygens (including phenoxy) is 1. The maximum atomic E-state index is 5.66.